The Morgan fingerprint density at radius 2 is 2.00 bits per heavy atom. The lowest BCUT2D eigenvalue weighted by atomic mass is 10.00. The van der Waals surface area contributed by atoms with E-state index in [0.717, 1.165) is 47.5 Å². The first-order valence-corrected chi connectivity index (χ1v) is 10.8. The minimum absolute atomic E-state index is 0.0915. The van der Waals surface area contributed by atoms with Gasteiger partial charge in [0.1, 0.15) is 11.6 Å². The van der Waals surface area contributed by atoms with Gasteiger partial charge in [0.15, 0.2) is 0 Å². The van der Waals surface area contributed by atoms with Gasteiger partial charge in [0, 0.05) is 30.6 Å². The van der Waals surface area contributed by atoms with Crippen LogP contribution in [0.1, 0.15) is 42.6 Å². The van der Waals surface area contributed by atoms with Crippen LogP contribution >= 0.6 is 0 Å². The van der Waals surface area contributed by atoms with Gasteiger partial charge in [-0.1, -0.05) is 43.3 Å². The van der Waals surface area contributed by atoms with Crippen molar-refractivity contribution in [3.63, 3.8) is 0 Å². The number of anilines is 1. The van der Waals surface area contributed by atoms with E-state index >= 15 is 0 Å². The summed E-state index contributed by atoms with van der Waals surface area (Å²) < 4.78 is 5.69. The summed E-state index contributed by atoms with van der Waals surface area (Å²) >= 11 is 0. The number of carbonyl (C=O) groups excluding carboxylic acids is 1. The van der Waals surface area contributed by atoms with Crippen molar-refractivity contribution in [1.82, 2.24) is 10.3 Å². The molecule has 156 valence electrons. The molecule has 1 saturated heterocycles. The first-order chi connectivity index (χ1) is 14.7. The Morgan fingerprint density at radius 3 is 2.83 bits per heavy atom. The maximum Gasteiger partial charge on any atom is 0.252 e. The van der Waals surface area contributed by atoms with Crippen LogP contribution in [0.25, 0.3) is 10.9 Å². The highest BCUT2D eigenvalue weighted by Crippen LogP contribution is 2.27. The Bertz CT molecular complexity index is 1030. The molecule has 0 bridgehead atoms. The zero-order chi connectivity index (χ0) is 20.9. The van der Waals surface area contributed by atoms with Crippen molar-refractivity contribution < 1.29 is 9.53 Å². The number of benzene rings is 2. The van der Waals surface area contributed by atoms with Crippen molar-refractivity contribution in [3.05, 3.63) is 65.7 Å². The summed E-state index contributed by atoms with van der Waals surface area (Å²) in [6.45, 7) is 7.21. The van der Waals surface area contributed by atoms with Crippen LogP contribution in [-0.4, -0.2) is 30.6 Å². The van der Waals surface area contributed by atoms with Crippen molar-refractivity contribution in [3.8, 4) is 5.75 Å². The highest BCUT2D eigenvalue weighted by molar-refractivity contribution is 6.07. The zero-order valence-corrected chi connectivity index (χ0v) is 17.7. The van der Waals surface area contributed by atoms with Crippen molar-refractivity contribution >= 4 is 22.6 Å². The first kappa shape index (κ1) is 20.2. The van der Waals surface area contributed by atoms with Crippen LogP contribution in [0.2, 0.25) is 0 Å². The predicted octanol–water partition coefficient (Wildman–Crippen LogP) is 4.80. The third kappa shape index (κ3) is 4.40. The number of ether oxygens (including phenoxy) is 1. The molecule has 0 saturated carbocycles. The number of rotatable bonds is 6. The van der Waals surface area contributed by atoms with Crippen LogP contribution in [0.4, 0.5) is 5.82 Å². The second kappa shape index (κ2) is 9.16. The molecule has 1 aromatic heterocycles. The first-order valence-electron chi connectivity index (χ1n) is 10.8. The molecule has 2 aromatic carbocycles. The van der Waals surface area contributed by atoms with Crippen LogP contribution in [-0.2, 0) is 6.54 Å². The fourth-order valence-corrected chi connectivity index (χ4v) is 4.13. The number of para-hydroxylation sites is 2. The van der Waals surface area contributed by atoms with Gasteiger partial charge in [-0.15, -0.1) is 0 Å². The summed E-state index contributed by atoms with van der Waals surface area (Å²) in [5.41, 5.74) is 2.49. The SMILES string of the molecule is CCOc1ccccc1CNC(=O)c1cc(N2CCC[C@H](C)C2)nc2ccccc12. The summed E-state index contributed by atoms with van der Waals surface area (Å²) in [5.74, 6) is 2.24. The molecule has 1 fully saturated rings. The van der Waals surface area contributed by atoms with Gasteiger partial charge in [-0.25, -0.2) is 4.98 Å². The molecule has 2 heterocycles. The average molecular weight is 404 g/mol. The maximum atomic E-state index is 13.2. The van der Waals surface area contributed by atoms with E-state index in [4.69, 9.17) is 9.72 Å². The lowest BCUT2D eigenvalue weighted by Crippen LogP contribution is -2.35. The van der Waals surface area contributed by atoms with Gasteiger partial charge >= 0.3 is 0 Å². The number of hydrogen-bond donors (Lipinski definition) is 1. The Balaban J connectivity index is 1.61. The van der Waals surface area contributed by atoms with E-state index in [1.807, 2.05) is 61.5 Å². The van der Waals surface area contributed by atoms with E-state index in [1.165, 1.54) is 6.42 Å². The van der Waals surface area contributed by atoms with Crippen molar-refractivity contribution in [2.45, 2.75) is 33.2 Å². The topological polar surface area (TPSA) is 54.5 Å². The Morgan fingerprint density at radius 1 is 1.20 bits per heavy atom. The average Bonchev–Trinajstić information content (AvgIpc) is 2.77. The van der Waals surface area contributed by atoms with Crippen LogP contribution in [0.5, 0.6) is 5.75 Å². The van der Waals surface area contributed by atoms with Gasteiger partial charge in [0.25, 0.3) is 5.91 Å². The summed E-state index contributed by atoms with van der Waals surface area (Å²) in [4.78, 5) is 20.4. The Labute approximate surface area is 178 Å². The Kier molecular flexibility index (Phi) is 6.17. The lowest BCUT2D eigenvalue weighted by molar-refractivity contribution is 0.0952. The highest BCUT2D eigenvalue weighted by Gasteiger charge is 2.20. The van der Waals surface area contributed by atoms with Crippen molar-refractivity contribution in [1.29, 1.82) is 0 Å². The molecule has 1 amide bonds. The molecule has 5 heteroatoms. The highest BCUT2D eigenvalue weighted by atomic mass is 16.5. The van der Waals surface area contributed by atoms with E-state index in [-0.39, 0.29) is 5.91 Å². The molecule has 1 aliphatic heterocycles. The van der Waals surface area contributed by atoms with Gasteiger partial charge in [-0.3, -0.25) is 4.79 Å². The molecular weight excluding hydrogens is 374 g/mol. The predicted molar refractivity (Wildman–Crippen MR) is 121 cm³/mol. The minimum atomic E-state index is -0.0915. The molecule has 0 spiro atoms. The van der Waals surface area contributed by atoms with Crippen LogP contribution in [0, 0.1) is 5.92 Å². The quantitative estimate of drug-likeness (QED) is 0.642. The van der Waals surface area contributed by atoms with Gasteiger partial charge in [-0.2, -0.15) is 0 Å². The third-order valence-corrected chi connectivity index (χ3v) is 5.64. The molecule has 1 N–H and O–H groups in total. The number of carbonyl (C=O) groups is 1. The second-order valence-corrected chi connectivity index (χ2v) is 7.96. The second-order valence-electron chi connectivity index (χ2n) is 7.96. The number of hydrogen-bond acceptors (Lipinski definition) is 4. The van der Waals surface area contributed by atoms with Gasteiger partial charge in [0.2, 0.25) is 0 Å². The molecule has 0 radical (unpaired) electrons. The molecule has 5 nitrogen and oxygen atoms in total. The summed E-state index contributed by atoms with van der Waals surface area (Å²) in [6, 6.07) is 17.6. The van der Waals surface area contributed by atoms with Gasteiger partial charge in [0.05, 0.1) is 17.7 Å². The van der Waals surface area contributed by atoms with E-state index in [0.29, 0.717) is 24.6 Å². The molecule has 4 rings (SSSR count). The van der Waals surface area contributed by atoms with Gasteiger partial charge in [-0.05, 0) is 43.9 Å². The number of fused-ring (bicyclic) bond motifs is 1. The van der Waals surface area contributed by atoms with Crippen molar-refractivity contribution in [2.75, 3.05) is 24.6 Å². The van der Waals surface area contributed by atoms with E-state index in [9.17, 15) is 4.79 Å². The monoisotopic (exact) mass is 403 g/mol. The fourth-order valence-electron chi connectivity index (χ4n) is 4.13. The van der Waals surface area contributed by atoms with Crippen LogP contribution in [0.3, 0.4) is 0 Å². The number of pyridine rings is 1. The number of nitrogens with zero attached hydrogens (tertiary/aromatic N) is 2. The zero-order valence-electron chi connectivity index (χ0n) is 17.7. The van der Waals surface area contributed by atoms with E-state index < -0.39 is 0 Å². The number of amides is 1. The van der Waals surface area contributed by atoms with Crippen LogP contribution < -0.4 is 15.0 Å². The molecule has 30 heavy (non-hydrogen) atoms. The normalized spacial score (nSPS) is 16.5. The smallest absolute Gasteiger partial charge is 0.252 e. The molecular formula is C25H29N3O2. The van der Waals surface area contributed by atoms with Gasteiger partial charge < -0.3 is 15.0 Å². The summed E-state index contributed by atoms with van der Waals surface area (Å²) in [6.07, 6.45) is 2.40. The van der Waals surface area contributed by atoms with Crippen LogP contribution in [0.15, 0.2) is 54.6 Å². The molecule has 1 atom stereocenters. The minimum Gasteiger partial charge on any atom is -0.494 e. The standard InChI is InChI=1S/C25H29N3O2/c1-3-30-23-13-7-4-10-19(23)16-26-25(29)21-15-24(28-14-8-9-18(2)17-28)27-22-12-6-5-11-20(21)22/h4-7,10-13,15,18H,3,8-9,14,16-17H2,1-2H3,(H,26,29)/t18-/m0/s1. The largest absolute Gasteiger partial charge is 0.494 e. The molecule has 1 aliphatic rings. The fraction of sp³-hybridized carbons (Fsp3) is 0.360. The summed E-state index contributed by atoms with van der Waals surface area (Å²) in [5, 5.41) is 3.96. The number of aromatic nitrogens is 1. The number of nitrogens with one attached hydrogen (secondary N) is 1. The van der Waals surface area contributed by atoms with E-state index in [2.05, 4.69) is 17.1 Å². The molecule has 0 aliphatic carbocycles. The Hall–Kier alpha value is -3.08. The van der Waals surface area contributed by atoms with Crippen molar-refractivity contribution in [2.24, 2.45) is 5.92 Å². The molecule has 3 aromatic rings. The van der Waals surface area contributed by atoms with E-state index in [1.54, 1.807) is 0 Å². The lowest BCUT2D eigenvalue weighted by Gasteiger charge is -2.32. The third-order valence-electron chi connectivity index (χ3n) is 5.64. The molecule has 0 unspecified atom stereocenters. The number of piperidine rings is 1. The summed E-state index contributed by atoms with van der Waals surface area (Å²) in [7, 11) is 0. The maximum absolute atomic E-state index is 13.2.